The zero-order valence-electron chi connectivity index (χ0n) is 12.3. The standard InChI is InChI=1S/C16H16BrNO3S/c1-3-16(19)12-5-4-6-14(10-12)22(20,21)18-15-8-7-13(17)9-11(15)2/h4-10,18H,3H2,1-2H3. The van der Waals surface area contributed by atoms with Gasteiger partial charge in [0.2, 0.25) is 0 Å². The maximum Gasteiger partial charge on any atom is 0.261 e. The summed E-state index contributed by atoms with van der Waals surface area (Å²) in [6.45, 7) is 3.56. The van der Waals surface area contributed by atoms with Gasteiger partial charge in [0.25, 0.3) is 10.0 Å². The molecule has 0 aliphatic rings. The minimum Gasteiger partial charge on any atom is -0.294 e. The van der Waals surface area contributed by atoms with Crippen molar-refractivity contribution in [2.24, 2.45) is 0 Å². The molecule has 22 heavy (non-hydrogen) atoms. The summed E-state index contributed by atoms with van der Waals surface area (Å²) in [6, 6.07) is 11.4. The second kappa shape index (κ2) is 6.62. The molecule has 0 aromatic heterocycles. The normalized spacial score (nSPS) is 11.2. The molecule has 0 fully saturated rings. The number of ketones is 1. The molecule has 0 saturated heterocycles. The van der Waals surface area contributed by atoms with Gasteiger partial charge in [-0.15, -0.1) is 0 Å². The fourth-order valence-corrected chi connectivity index (χ4v) is 3.64. The van der Waals surface area contributed by atoms with Crippen LogP contribution in [0.1, 0.15) is 29.3 Å². The molecule has 0 amide bonds. The Hall–Kier alpha value is -1.66. The largest absolute Gasteiger partial charge is 0.294 e. The van der Waals surface area contributed by atoms with E-state index < -0.39 is 10.0 Å². The first-order valence-corrected chi connectivity index (χ1v) is 9.03. The molecule has 2 aromatic rings. The van der Waals surface area contributed by atoms with E-state index in [1.165, 1.54) is 12.1 Å². The highest BCUT2D eigenvalue weighted by molar-refractivity contribution is 9.10. The lowest BCUT2D eigenvalue weighted by molar-refractivity contribution is 0.0988. The van der Waals surface area contributed by atoms with Crippen LogP contribution in [0, 0.1) is 6.92 Å². The lowest BCUT2D eigenvalue weighted by Gasteiger charge is -2.11. The highest BCUT2D eigenvalue weighted by Crippen LogP contribution is 2.23. The van der Waals surface area contributed by atoms with Crippen molar-refractivity contribution in [2.75, 3.05) is 4.72 Å². The Labute approximate surface area is 138 Å². The third-order valence-electron chi connectivity index (χ3n) is 3.22. The number of anilines is 1. The predicted molar refractivity (Wildman–Crippen MR) is 90.8 cm³/mol. The fourth-order valence-electron chi connectivity index (χ4n) is 1.99. The molecule has 0 atom stereocenters. The summed E-state index contributed by atoms with van der Waals surface area (Å²) >= 11 is 3.34. The molecule has 0 heterocycles. The highest BCUT2D eigenvalue weighted by Gasteiger charge is 2.17. The third-order valence-corrected chi connectivity index (χ3v) is 5.08. The van der Waals surface area contributed by atoms with Gasteiger partial charge in [0.05, 0.1) is 10.6 Å². The quantitative estimate of drug-likeness (QED) is 0.791. The summed E-state index contributed by atoms with van der Waals surface area (Å²) in [4.78, 5) is 11.8. The van der Waals surface area contributed by atoms with Gasteiger partial charge in [-0.1, -0.05) is 35.0 Å². The van der Waals surface area contributed by atoms with E-state index in [9.17, 15) is 13.2 Å². The zero-order valence-corrected chi connectivity index (χ0v) is 14.7. The van der Waals surface area contributed by atoms with Crippen LogP contribution in [0.15, 0.2) is 51.8 Å². The van der Waals surface area contributed by atoms with Gasteiger partial charge in [-0.2, -0.15) is 0 Å². The molecule has 2 aromatic carbocycles. The van der Waals surface area contributed by atoms with Gasteiger partial charge in [0, 0.05) is 16.5 Å². The van der Waals surface area contributed by atoms with E-state index in [4.69, 9.17) is 0 Å². The molecule has 4 nitrogen and oxygen atoms in total. The molecule has 2 rings (SSSR count). The van der Waals surface area contributed by atoms with Crippen molar-refractivity contribution in [2.45, 2.75) is 25.2 Å². The van der Waals surface area contributed by atoms with E-state index in [1.807, 2.05) is 13.0 Å². The molecule has 0 unspecified atom stereocenters. The number of sulfonamides is 1. The van der Waals surface area contributed by atoms with Crippen LogP contribution in [-0.2, 0) is 10.0 Å². The van der Waals surface area contributed by atoms with E-state index in [1.54, 1.807) is 31.2 Å². The average molecular weight is 382 g/mol. The number of aryl methyl sites for hydroxylation is 1. The number of benzene rings is 2. The molecular formula is C16H16BrNO3S. The summed E-state index contributed by atoms with van der Waals surface area (Å²) in [7, 11) is -3.73. The molecule has 0 saturated carbocycles. The smallest absolute Gasteiger partial charge is 0.261 e. The maximum absolute atomic E-state index is 12.5. The van der Waals surface area contributed by atoms with E-state index in [-0.39, 0.29) is 10.7 Å². The summed E-state index contributed by atoms with van der Waals surface area (Å²) < 4.78 is 28.4. The summed E-state index contributed by atoms with van der Waals surface area (Å²) in [5.74, 6) is -0.0862. The van der Waals surface area contributed by atoms with Crippen LogP contribution in [0.2, 0.25) is 0 Å². The van der Waals surface area contributed by atoms with Gasteiger partial charge in [-0.25, -0.2) is 8.42 Å². The van der Waals surface area contributed by atoms with E-state index in [2.05, 4.69) is 20.7 Å². The fraction of sp³-hybridized carbons (Fsp3) is 0.188. The van der Waals surface area contributed by atoms with E-state index >= 15 is 0 Å². The van der Waals surface area contributed by atoms with Crippen LogP contribution in [0.4, 0.5) is 5.69 Å². The van der Waals surface area contributed by atoms with Crippen molar-refractivity contribution < 1.29 is 13.2 Å². The molecule has 0 bridgehead atoms. The second-order valence-corrected chi connectivity index (χ2v) is 7.47. The Morgan fingerprint density at radius 1 is 1.18 bits per heavy atom. The number of nitrogens with one attached hydrogen (secondary N) is 1. The number of hydrogen-bond acceptors (Lipinski definition) is 3. The summed E-state index contributed by atoms with van der Waals surface area (Å²) in [6.07, 6.45) is 0.336. The van der Waals surface area contributed by atoms with Crippen LogP contribution < -0.4 is 4.72 Å². The average Bonchev–Trinajstić information content (AvgIpc) is 2.49. The number of hydrogen-bond donors (Lipinski definition) is 1. The Balaban J connectivity index is 2.36. The van der Waals surface area contributed by atoms with E-state index in [0.717, 1.165) is 10.0 Å². The minimum atomic E-state index is -3.73. The lowest BCUT2D eigenvalue weighted by Crippen LogP contribution is -2.14. The van der Waals surface area contributed by atoms with Gasteiger partial charge in [-0.05, 0) is 42.8 Å². The van der Waals surface area contributed by atoms with Gasteiger partial charge in [0.1, 0.15) is 0 Å². The number of carbonyl (C=O) groups is 1. The van der Waals surface area contributed by atoms with Gasteiger partial charge < -0.3 is 0 Å². The molecule has 6 heteroatoms. The number of halogens is 1. The van der Waals surface area contributed by atoms with Crippen LogP contribution in [-0.4, -0.2) is 14.2 Å². The number of Topliss-reactive ketones (excluding diaryl/α,β-unsaturated/α-hetero) is 1. The molecule has 0 radical (unpaired) electrons. The van der Waals surface area contributed by atoms with Crippen LogP contribution in [0.3, 0.4) is 0 Å². The van der Waals surface area contributed by atoms with Crippen molar-refractivity contribution >= 4 is 37.4 Å². The van der Waals surface area contributed by atoms with Crippen LogP contribution in [0.5, 0.6) is 0 Å². The summed E-state index contributed by atoms with van der Waals surface area (Å²) in [5, 5.41) is 0. The predicted octanol–water partition coefficient (Wildman–Crippen LogP) is 4.15. The van der Waals surface area contributed by atoms with Crippen LogP contribution >= 0.6 is 15.9 Å². The first-order chi connectivity index (χ1) is 10.3. The lowest BCUT2D eigenvalue weighted by atomic mass is 10.1. The van der Waals surface area contributed by atoms with Crippen molar-refractivity contribution in [1.29, 1.82) is 0 Å². The third kappa shape index (κ3) is 3.75. The molecule has 0 aliphatic carbocycles. The Morgan fingerprint density at radius 3 is 2.55 bits per heavy atom. The number of carbonyl (C=O) groups excluding carboxylic acids is 1. The number of rotatable bonds is 5. The maximum atomic E-state index is 12.5. The summed E-state index contributed by atoms with van der Waals surface area (Å²) in [5.41, 5.74) is 1.71. The van der Waals surface area contributed by atoms with Gasteiger partial charge in [0.15, 0.2) is 5.78 Å². The second-order valence-electron chi connectivity index (χ2n) is 4.87. The zero-order chi connectivity index (χ0) is 16.3. The molecule has 0 spiro atoms. The van der Waals surface area contributed by atoms with Gasteiger partial charge >= 0.3 is 0 Å². The Bertz CT molecular complexity index is 816. The molecule has 116 valence electrons. The highest BCUT2D eigenvalue weighted by atomic mass is 79.9. The minimum absolute atomic E-state index is 0.0779. The van der Waals surface area contributed by atoms with Crippen molar-refractivity contribution in [3.8, 4) is 0 Å². The van der Waals surface area contributed by atoms with Crippen molar-refractivity contribution in [1.82, 2.24) is 0 Å². The Morgan fingerprint density at radius 2 is 1.91 bits per heavy atom. The molecule has 0 aliphatic heterocycles. The molecular weight excluding hydrogens is 366 g/mol. The van der Waals surface area contributed by atoms with Gasteiger partial charge in [-0.3, -0.25) is 9.52 Å². The van der Waals surface area contributed by atoms with E-state index in [0.29, 0.717) is 17.7 Å². The van der Waals surface area contributed by atoms with Crippen molar-refractivity contribution in [3.63, 3.8) is 0 Å². The first-order valence-electron chi connectivity index (χ1n) is 6.75. The molecule has 1 N–H and O–H groups in total. The monoisotopic (exact) mass is 381 g/mol. The Kier molecular flexibility index (Phi) is 5.03. The first kappa shape index (κ1) is 16.7. The van der Waals surface area contributed by atoms with Crippen molar-refractivity contribution in [3.05, 3.63) is 58.1 Å². The SMILES string of the molecule is CCC(=O)c1cccc(S(=O)(=O)Nc2ccc(Br)cc2C)c1. The van der Waals surface area contributed by atoms with Crippen LogP contribution in [0.25, 0.3) is 0 Å². The topological polar surface area (TPSA) is 63.2 Å².